The van der Waals surface area contributed by atoms with Gasteiger partial charge in [0.2, 0.25) is 0 Å². The molecule has 1 amide bonds. The number of morpholine rings is 1. The molecule has 2 fully saturated rings. The molecule has 17 heavy (non-hydrogen) atoms. The lowest BCUT2D eigenvalue weighted by molar-refractivity contribution is 0.0416. The van der Waals surface area contributed by atoms with Gasteiger partial charge in [0.05, 0.1) is 31.6 Å². The first-order valence-electron chi connectivity index (χ1n) is 5.91. The van der Waals surface area contributed by atoms with Crippen LogP contribution in [0, 0.1) is 0 Å². The zero-order valence-corrected chi connectivity index (χ0v) is 9.54. The van der Waals surface area contributed by atoms with Gasteiger partial charge in [-0.3, -0.25) is 4.68 Å². The molecule has 0 spiro atoms. The highest BCUT2D eigenvalue weighted by Gasteiger charge is 2.25. The van der Waals surface area contributed by atoms with Crippen LogP contribution in [0.1, 0.15) is 18.9 Å². The van der Waals surface area contributed by atoms with Crippen molar-refractivity contribution in [2.75, 3.05) is 26.3 Å². The Morgan fingerprint density at radius 2 is 2.18 bits per heavy atom. The van der Waals surface area contributed by atoms with Crippen molar-refractivity contribution in [3.05, 3.63) is 12.4 Å². The molecular weight excluding hydrogens is 222 g/mol. The van der Waals surface area contributed by atoms with Gasteiger partial charge >= 0.3 is 6.09 Å². The van der Waals surface area contributed by atoms with Crippen molar-refractivity contribution >= 4 is 6.09 Å². The van der Waals surface area contributed by atoms with Crippen LogP contribution >= 0.6 is 0 Å². The Labute approximate surface area is 99.1 Å². The van der Waals surface area contributed by atoms with E-state index in [0.29, 0.717) is 38.1 Å². The van der Waals surface area contributed by atoms with Crippen molar-refractivity contribution in [3.8, 4) is 5.75 Å². The lowest BCUT2D eigenvalue weighted by Gasteiger charge is -2.25. The van der Waals surface area contributed by atoms with E-state index >= 15 is 0 Å². The molecule has 2 aliphatic rings. The average Bonchev–Trinajstić information content (AvgIpc) is 3.12. The zero-order chi connectivity index (χ0) is 11.7. The standard InChI is InChI=1S/C11H15N3O3/c15-11(13-3-5-16-6-4-13)17-10-7-12-14(8-10)9-1-2-9/h7-9H,1-6H2. The fourth-order valence-electron chi connectivity index (χ4n) is 1.82. The number of hydrogen-bond acceptors (Lipinski definition) is 4. The minimum atomic E-state index is -0.316. The number of carbonyl (C=O) groups excluding carboxylic acids is 1. The number of hydrogen-bond donors (Lipinski definition) is 0. The van der Waals surface area contributed by atoms with Gasteiger partial charge in [0.1, 0.15) is 0 Å². The lowest BCUT2D eigenvalue weighted by atomic mass is 10.4. The van der Waals surface area contributed by atoms with E-state index in [0.717, 1.165) is 0 Å². The quantitative estimate of drug-likeness (QED) is 0.771. The Balaban J connectivity index is 1.58. The van der Waals surface area contributed by atoms with E-state index in [9.17, 15) is 4.79 Å². The van der Waals surface area contributed by atoms with Crippen LogP contribution in [0.2, 0.25) is 0 Å². The summed E-state index contributed by atoms with van der Waals surface area (Å²) in [5.74, 6) is 0.522. The summed E-state index contributed by atoms with van der Waals surface area (Å²) in [4.78, 5) is 13.4. The topological polar surface area (TPSA) is 56.6 Å². The van der Waals surface area contributed by atoms with E-state index in [4.69, 9.17) is 9.47 Å². The van der Waals surface area contributed by atoms with Gasteiger partial charge in [-0.2, -0.15) is 5.10 Å². The molecule has 1 aliphatic heterocycles. The maximum Gasteiger partial charge on any atom is 0.415 e. The molecule has 1 saturated heterocycles. The van der Waals surface area contributed by atoms with Crippen LogP contribution in [0.15, 0.2) is 12.4 Å². The van der Waals surface area contributed by atoms with Crippen molar-refractivity contribution < 1.29 is 14.3 Å². The van der Waals surface area contributed by atoms with E-state index < -0.39 is 0 Å². The van der Waals surface area contributed by atoms with E-state index in [1.807, 2.05) is 4.68 Å². The van der Waals surface area contributed by atoms with Crippen molar-refractivity contribution in [1.29, 1.82) is 0 Å². The molecular formula is C11H15N3O3. The molecule has 0 bridgehead atoms. The fourth-order valence-corrected chi connectivity index (χ4v) is 1.82. The van der Waals surface area contributed by atoms with Crippen molar-refractivity contribution in [2.24, 2.45) is 0 Å². The predicted molar refractivity (Wildman–Crippen MR) is 58.9 cm³/mol. The molecule has 0 unspecified atom stereocenters. The lowest BCUT2D eigenvalue weighted by Crippen LogP contribution is -2.42. The highest BCUT2D eigenvalue weighted by Crippen LogP contribution is 2.34. The maximum atomic E-state index is 11.8. The third-order valence-corrected chi connectivity index (χ3v) is 2.97. The van der Waals surface area contributed by atoms with Crippen molar-refractivity contribution in [1.82, 2.24) is 14.7 Å². The van der Waals surface area contributed by atoms with E-state index in [1.165, 1.54) is 12.8 Å². The van der Waals surface area contributed by atoms with Gasteiger partial charge in [-0.15, -0.1) is 0 Å². The number of amides is 1. The molecule has 92 valence electrons. The summed E-state index contributed by atoms with van der Waals surface area (Å²) in [6.07, 6.45) is 5.40. The zero-order valence-electron chi connectivity index (χ0n) is 9.54. The molecule has 6 nitrogen and oxygen atoms in total. The van der Waals surface area contributed by atoms with Crippen LogP contribution in [0.4, 0.5) is 4.79 Å². The third-order valence-electron chi connectivity index (χ3n) is 2.97. The van der Waals surface area contributed by atoms with E-state index in [1.54, 1.807) is 17.3 Å². The predicted octanol–water partition coefficient (Wildman–Crippen LogP) is 1.05. The molecule has 1 aromatic rings. The number of carbonyl (C=O) groups is 1. The van der Waals surface area contributed by atoms with Gasteiger partial charge in [0, 0.05) is 13.1 Å². The Bertz CT molecular complexity index is 408. The van der Waals surface area contributed by atoms with E-state index in [-0.39, 0.29) is 6.09 Å². The summed E-state index contributed by atoms with van der Waals surface area (Å²) < 4.78 is 12.3. The summed E-state index contributed by atoms with van der Waals surface area (Å²) in [7, 11) is 0. The number of aromatic nitrogens is 2. The third kappa shape index (κ3) is 2.41. The minimum absolute atomic E-state index is 0.316. The SMILES string of the molecule is O=C(Oc1cnn(C2CC2)c1)N1CCOCC1. The summed E-state index contributed by atoms with van der Waals surface area (Å²) >= 11 is 0. The van der Waals surface area contributed by atoms with Crippen molar-refractivity contribution in [2.45, 2.75) is 18.9 Å². The van der Waals surface area contributed by atoms with Gasteiger partial charge in [-0.1, -0.05) is 0 Å². The first-order chi connectivity index (χ1) is 8.33. The molecule has 0 radical (unpaired) electrons. The molecule has 6 heteroatoms. The summed E-state index contributed by atoms with van der Waals surface area (Å²) in [6.45, 7) is 2.35. The van der Waals surface area contributed by atoms with Crippen LogP contribution in [0.5, 0.6) is 5.75 Å². The normalized spacial score (nSPS) is 20.4. The Hall–Kier alpha value is -1.56. The second-order valence-corrected chi connectivity index (χ2v) is 4.35. The van der Waals surface area contributed by atoms with Crippen molar-refractivity contribution in [3.63, 3.8) is 0 Å². The number of ether oxygens (including phenoxy) is 2. The smallest absolute Gasteiger partial charge is 0.407 e. The van der Waals surface area contributed by atoms with Crippen LogP contribution in [0.3, 0.4) is 0 Å². The van der Waals surface area contributed by atoms with Gasteiger partial charge in [-0.05, 0) is 12.8 Å². The molecule has 0 N–H and O–H groups in total. The monoisotopic (exact) mass is 237 g/mol. The first-order valence-corrected chi connectivity index (χ1v) is 5.91. The fraction of sp³-hybridized carbons (Fsp3) is 0.636. The molecule has 2 heterocycles. The number of nitrogens with zero attached hydrogens (tertiary/aromatic N) is 3. The number of rotatable bonds is 2. The summed E-state index contributed by atoms with van der Waals surface area (Å²) in [6, 6.07) is 0.505. The molecule has 0 atom stereocenters. The van der Waals surface area contributed by atoms with Crippen LogP contribution in [0.25, 0.3) is 0 Å². The Morgan fingerprint density at radius 3 is 2.88 bits per heavy atom. The first kappa shape index (κ1) is 10.6. The van der Waals surface area contributed by atoms with Gasteiger partial charge in [-0.25, -0.2) is 4.79 Å². The summed E-state index contributed by atoms with van der Waals surface area (Å²) in [5.41, 5.74) is 0. The van der Waals surface area contributed by atoms with Crippen LogP contribution < -0.4 is 4.74 Å². The molecule has 1 aliphatic carbocycles. The van der Waals surface area contributed by atoms with Crippen LogP contribution in [-0.4, -0.2) is 47.1 Å². The highest BCUT2D eigenvalue weighted by atomic mass is 16.6. The molecule has 0 aromatic carbocycles. The van der Waals surface area contributed by atoms with E-state index in [2.05, 4.69) is 5.10 Å². The minimum Gasteiger partial charge on any atom is -0.407 e. The van der Waals surface area contributed by atoms with Gasteiger partial charge in [0.15, 0.2) is 5.75 Å². The molecule has 3 rings (SSSR count). The second-order valence-electron chi connectivity index (χ2n) is 4.35. The summed E-state index contributed by atoms with van der Waals surface area (Å²) in [5, 5.41) is 4.17. The van der Waals surface area contributed by atoms with Gasteiger partial charge in [0.25, 0.3) is 0 Å². The molecule has 1 saturated carbocycles. The Morgan fingerprint density at radius 1 is 1.41 bits per heavy atom. The Kier molecular flexibility index (Phi) is 2.72. The van der Waals surface area contributed by atoms with Gasteiger partial charge < -0.3 is 14.4 Å². The average molecular weight is 237 g/mol. The van der Waals surface area contributed by atoms with Crippen LogP contribution in [-0.2, 0) is 4.74 Å². The second kappa shape index (κ2) is 4.37. The maximum absolute atomic E-state index is 11.8. The highest BCUT2D eigenvalue weighted by molar-refractivity contribution is 5.70. The molecule has 1 aromatic heterocycles. The largest absolute Gasteiger partial charge is 0.415 e.